The molecule has 3 nitrogen and oxygen atoms in total. The summed E-state index contributed by atoms with van der Waals surface area (Å²) in [5.74, 6) is -0.500. The third-order valence-electron chi connectivity index (χ3n) is 2.40. The third kappa shape index (κ3) is 4.95. The maximum atomic E-state index is 13.0. The van der Waals surface area contributed by atoms with Gasteiger partial charge >= 0.3 is 5.97 Å². The highest BCUT2D eigenvalue weighted by atomic mass is 19.1. The lowest BCUT2D eigenvalue weighted by Gasteiger charge is -2.19. The van der Waals surface area contributed by atoms with Crippen LogP contribution in [0, 0.1) is 5.82 Å². The van der Waals surface area contributed by atoms with E-state index in [0.717, 1.165) is 12.1 Å². The second kappa shape index (κ2) is 7.01. The topological polar surface area (TPSA) is 29.5 Å². The van der Waals surface area contributed by atoms with E-state index in [1.807, 2.05) is 17.9 Å². The predicted octanol–water partition coefficient (Wildman–Crippen LogP) is 2.21. The van der Waals surface area contributed by atoms with E-state index < -0.39 is 0 Å². The predicted molar refractivity (Wildman–Crippen MR) is 64.0 cm³/mol. The molecule has 4 heteroatoms. The van der Waals surface area contributed by atoms with Gasteiger partial charge < -0.3 is 4.74 Å². The van der Waals surface area contributed by atoms with Crippen molar-refractivity contribution in [2.45, 2.75) is 20.4 Å². The Morgan fingerprint density at radius 2 is 2.18 bits per heavy atom. The van der Waals surface area contributed by atoms with Gasteiger partial charge in [0.05, 0.1) is 13.2 Å². The molecular formula is C13H18FNO2. The van der Waals surface area contributed by atoms with Crippen molar-refractivity contribution in [1.82, 2.24) is 4.90 Å². The monoisotopic (exact) mass is 239 g/mol. The number of hydrogen-bond donors (Lipinski definition) is 0. The second-order valence-corrected chi connectivity index (χ2v) is 3.74. The summed E-state index contributed by atoms with van der Waals surface area (Å²) in [6.45, 7) is 5.62. The van der Waals surface area contributed by atoms with Crippen LogP contribution in [0.25, 0.3) is 0 Å². The maximum absolute atomic E-state index is 13.0. The molecule has 94 valence electrons. The fourth-order valence-electron chi connectivity index (χ4n) is 1.56. The first-order valence-corrected chi connectivity index (χ1v) is 5.78. The fraction of sp³-hybridized carbons (Fsp3) is 0.462. The third-order valence-corrected chi connectivity index (χ3v) is 2.40. The maximum Gasteiger partial charge on any atom is 0.320 e. The average molecular weight is 239 g/mol. The second-order valence-electron chi connectivity index (χ2n) is 3.74. The van der Waals surface area contributed by atoms with Crippen LogP contribution in [0.4, 0.5) is 4.39 Å². The van der Waals surface area contributed by atoms with Crippen LogP contribution in [-0.4, -0.2) is 30.6 Å². The normalized spacial score (nSPS) is 10.6. The van der Waals surface area contributed by atoms with Gasteiger partial charge in [0, 0.05) is 6.54 Å². The summed E-state index contributed by atoms with van der Waals surface area (Å²) in [5, 5.41) is 0. The first kappa shape index (κ1) is 13.6. The van der Waals surface area contributed by atoms with Crippen molar-refractivity contribution < 1.29 is 13.9 Å². The molecule has 1 rings (SSSR count). The molecule has 0 saturated carbocycles. The molecule has 0 aliphatic carbocycles. The van der Waals surface area contributed by atoms with Crippen molar-refractivity contribution in [1.29, 1.82) is 0 Å². The molecular weight excluding hydrogens is 221 g/mol. The number of halogens is 1. The van der Waals surface area contributed by atoms with Gasteiger partial charge in [-0.3, -0.25) is 9.69 Å². The van der Waals surface area contributed by atoms with Crippen molar-refractivity contribution in [2.75, 3.05) is 19.7 Å². The molecule has 0 spiro atoms. The summed E-state index contributed by atoms with van der Waals surface area (Å²) in [5.41, 5.74) is 0.858. The van der Waals surface area contributed by atoms with Crippen LogP contribution < -0.4 is 0 Å². The quantitative estimate of drug-likeness (QED) is 0.713. The summed E-state index contributed by atoms with van der Waals surface area (Å²) in [4.78, 5) is 13.2. The number of ether oxygens (including phenoxy) is 1. The molecule has 0 saturated heterocycles. The molecule has 0 unspecified atom stereocenters. The minimum absolute atomic E-state index is 0.237. The number of carbonyl (C=O) groups excluding carboxylic acids is 1. The van der Waals surface area contributed by atoms with Crippen LogP contribution in [0.3, 0.4) is 0 Å². The van der Waals surface area contributed by atoms with Crippen molar-refractivity contribution in [3.05, 3.63) is 35.6 Å². The summed E-state index contributed by atoms with van der Waals surface area (Å²) >= 11 is 0. The summed E-state index contributed by atoms with van der Waals surface area (Å²) in [7, 11) is 0. The summed E-state index contributed by atoms with van der Waals surface area (Å²) < 4.78 is 17.9. The van der Waals surface area contributed by atoms with Gasteiger partial charge in [-0.25, -0.2) is 4.39 Å². The van der Waals surface area contributed by atoms with Crippen LogP contribution in [0.1, 0.15) is 19.4 Å². The summed E-state index contributed by atoms with van der Waals surface area (Å²) in [6, 6.07) is 6.40. The van der Waals surface area contributed by atoms with E-state index in [9.17, 15) is 9.18 Å². The SMILES string of the molecule is CCOC(=O)CN(CC)Cc1cccc(F)c1. The lowest BCUT2D eigenvalue weighted by molar-refractivity contribution is -0.144. The molecule has 0 aliphatic rings. The number of nitrogens with zero attached hydrogens (tertiary/aromatic N) is 1. The van der Waals surface area contributed by atoms with Crippen LogP contribution in [0.5, 0.6) is 0 Å². The minimum Gasteiger partial charge on any atom is -0.465 e. The van der Waals surface area contributed by atoms with E-state index >= 15 is 0 Å². The van der Waals surface area contributed by atoms with E-state index in [0.29, 0.717) is 13.2 Å². The molecule has 0 amide bonds. The lowest BCUT2D eigenvalue weighted by atomic mass is 10.2. The van der Waals surface area contributed by atoms with Gasteiger partial charge in [0.15, 0.2) is 0 Å². The zero-order valence-corrected chi connectivity index (χ0v) is 10.3. The lowest BCUT2D eigenvalue weighted by Crippen LogP contribution is -2.30. The van der Waals surface area contributed by atoms with Crippen molar-refractivity contribution >= 4 is 5.97 Å². The number of hydrogen-bond acceptors (Lipinski definition) is 3. The molecule has 0 aromatic heterocycles. The van der Waals surface area contributed by atoms with Gasteiger partial charge in [-0.15, -0.1) is 0 Å². The molecule has 0 atom stereocenters. The Morgan fingerprint density at radius 3 is 2.76 bits per heavy atom. The summed E-state index contributed by atoms with van der Waals surface area (Å²) in [6.07, 6.45) is 0. The highest BCUT2D eigenvalue weighted by Crippen LogP contribution is 2.07. The zero-order chi connectivity index (χ0) is 12.7. The smallest absolute Gasteiger partial charge is 0.320 e. The Labute approximate surface area is 101 Å². The number of carbonyl (C=O) groups is 1. The largest absolute Gasteiger partial charge is 0.465 e. The van der Waals surface area contributed by atoms with E-state index in [1.54, 1.807) is 13.0 Å². The van der Waals surface area contributed by atoms with Gasteiger partial charge in [0.1, 0.15) is 5.82 Å². The van der Waals surface area contributed by atoms with E-state index in [1.165, 1.54) is 12.1 Å². The highest BCUT2D eigenvalue weighted by molar-refractivity contribution is 5.71. The van der Waals surface area contributed by atoms with Crippen LogP contribution in [0.15, 0.2) is 24.3 Å². The number of likely N-dealkylation sites (N-methyl/N-ethyl adjacent to an activating group) is 1. The molecule has 0 bridgehead atoms. The highest BCUT2D eigenvalue weighted by Gasteiger charge is 2.10. The number of benzene rings is 1. The molecule has 0 heterocycles. The Kier molecular flexibility index (Phi) is 5.63. The average Bonchev–Trinajstić information content (AvgIpc) is 2.28. The number of rotatable bonds is 6. The van der Waals surface area contributed by atoms with Gasteiger partial charge in [0.2, 0.25) is 0 Å². The zero-order valence-electron chi connectivity index (χ0n) is 10.3. The molecule has 1 aromatic rings. The molecule has 0 N–H and O–H groups in total. The van der Waals surface area contributed by atoms with E-state index in [-0.39, 0.29) is 18.3 Å². The Morgan fingerprint density at radius 1 is 1.41 bits per heavy atom. The van der Waals surface area contributed by atoms with E-state index in [4.69, 9.17) is 4.74 Å². The van der Waals surface area contributed by atoms with Crippen molar-refractivity contribution in [2.24, 2.45) is 0 Å². The van der Waals surface area contributed by atoms with Gasteiger partial charge in [-0.1, -0.05) is 19.1 Å². The fourth-order valence-corrected chi connectivity index (χ4v) is 1.56. The molecule has 17 heavy (non-hydrogen) atoms. The molecule has 0 radical (unpaired) electrons. The first-order chi connectivity index (χ1) is 8.15. The first-order valence-electron chi connectivity index (χ1n) is 5.78. The molecule has 0 aliphatic heterocycles. The van der Waals surface area contributed by atoms with Crippen LogP contribution in [0.2, 0.25) is 0 Å². The van der Waals surface area contributed by atoms with Crippen molar-refractivity contribution in [3.8, 4) is 0 Å². The Bertz CT molecular complexity index is 368. The minimum atomic E-state index is -0.255. The standard InChI is InChI=1S/C13H18FNO2/c1-3-15(10-13(16)17-4-2)9-11-6-5-7-12(14)8-11/h5-8H,3-4,9-10H2,1-2H3. The van der Waals surface area contributed by atoms with E-state index in [2.05, 4.69) is 0 Å². The number of esters is 1. The van der Waals surface area contributed by atoms with Crippen molar-refractivity contribution in [3.63, 3.8) is 0 Å². The molecule has 0 fully saturated rings. The Hall–Kier alpha value is -1.42. The van der Waals surface area contributed by atoms with Gasteiger partial charge in [-0.05, 0) is 31.2 Å². The van der Waals surface area contributed by atoms with Crippen LogP contribution >= 0.6 is 0 Å². The van der Waals surface area contributed by atoms with Gasteiger partial charge in [-0.2, -0.15) is 0 Å². The van der Waals surface area contributed by atoms with Gasteiger partial charge in [0.25, 0.3) is 0 Å². The molecule has 1 aromatic carbocycles. The van der Waals surface area contributed by atoms with Crippen LogP contribution in [-0.2, 0) is 16.1 Å². The Balaban J connectivity index is 2.54.